The smallest absolute Gasteiger partial charge is 0.244 e. The van der Waals surface area contributed by atoms with Gasteiger partial charge >= 0.3 is 0 Å². The fraction of sp³-hybridized carbons (Fsp3) is 0.167. The van der Waals surface area contributed by atoms with E-state index in [0.29, 0.717) is 5.69 Å². The van der Waals surface area contributed by atoms with Gasteiger partial charge in [-0.3, -0.25) is 19.3 Å². The molecule has 1 saturated heterocycles. The van der Waals surface area contributed by atoms with Crippen molar-refractivity contribution in [3.8, 4) is 0 Å². The van der Waals surface area contributed by atoms with Crippen LogP contribution >= 0.6 is 15.9 Å². The number of likely N-dealkylation sites (tertiary alicyclic amines) is 1. The van der Waals surface area contributed by atoms with Crippen LogP contribution in [0.2, 0.25) is 0 Å². The lowest BCUT2D eigenvalue weighted by atomic mass is 9.55. The fourth-order valence-electron chi connectivity index (χ4n) is 6.56. The number of hydrogen-bond acceptors (Lipinski definition) is 3. The topological polar surface area (TPSA) is 66.5 Å². The summed E-state index contributed by atoms with van der Waals surface area (Å²) in [4.78, 5) is 42.0. The first kappa shape index (κ1) is 21.5. The molecule has 2 bridgehead atoms. The molecule has 4 aromatic carbocycles. The van der Waals surface area contributed by atoms with Crippen molar-refractivity contribution in [1.29, 1.82) is 0 Å². The van der Waals surface area contributed by atoms with Crippen molar-refractivity contribution in [2.75, 3.05) is 11.9 Å². The molecule has 4 aliphatic rings. The van der Waals surface area contributed by atoms with Gasteiger partial charge in [-0.05, 0) is 33.7 Å². The summed E-state index contributed by atoms with van der Waals surface area (Å²) in [6, 6.07) is 29.5. The second kappa shape index (κ2) is 7.61. The molecule has 0 radical (unpaired) electrons. The SMILES string of the molecule is O=C(CN1C(=O)[C@@H]2C3c4ccccc4C(Br)(c4ccccc43)[C@@H]2C1=O)Nc1cccc2ccccc12. The van der Waals surface area contributed by atoms with Gasteiger partial charge in [0.15, 0.2) is 0 Å². The number of imide groups is 1. The number of alkyl halides is 1. The Bertz CT molecular complexity index is 1560. The van der Waals surface area contributed by atoms with E-state index in [-0.39, 0.29) is 24.3 Å². The first-order chi connectivity index (χ1) is 17.5. The molecule has 0 unspecified atom stereocenters. The second-order valence-corrected chi connectivity index (χ2v) is 11.0. The largest absolute Gasteiger partial charge is 0.324 e. The molecule has 0 saturated carbocycles. The van der Waals surface area contributed by atoms with Crippen molar-refractivity contribution < 1.29 is 14.4 Å². The van der Waals surface area contributed by atoms with Gasteiger partial charge in [0, 0.05) is 17.0 Å². The molecule has 1 aliphatic heterocycles. The zero-order chi connectivity index (χ0) is 24.6. The van der Waals surface area contributed by atoms with Crippen molar-refractivity contribution in [1.82, 2.24) is 4.90 Å². The highest BCUT2D eigenvalue weighted by Crippen LogP contribution is 2.66. The first-order valence-electron chi connectivity index (χ1n) is 12.0. The summed E-state index contributed by atoms with van der Waals surface area (Å²) in [7, 11) is 0. The maximum atomic E-state index is 13.9. The molecule has 176 valence electrons. The highest BCUT2D eigenvalue weighted by Gasteiger charge is 2.67. The summed E-state index contributed by atoms with van der Waals surface area (Å²) in [6.45, 7) is -0.309. The maximum Gasteiger partial charge on any atom is 0.244 e. The number of anilines is 1. The molecule has 2 atom stereocenters. The minimum atomic E-state index is -0.812. The third kappa shape index (κ3) is 2.73. The number of rotatable bonds is 3. The Morgan fingerprint density at radius 1 is 0.806 bits per heavy atom. The Balaban J connectivity index is 1.25. The first-order valence-corrected chi connectivity index (χ1v) is 12.8. The normalized spacial score (nSPS) is 25.5. The molecule has 6 heteroatoms. The average Bonchev–Trinajstić information content (AvgIpc) is 3.15. The molecule has 1 heterocycles. The van der Waals surface area contributed by atoms with Gasteiger partial charge in [-0.1, -0.05) is 101 Å². The van der Waals surface area contributed by atoms with E-state index in [1.807, 2.05) is 78.9 Å². The van der Waals surface area contributed by atoms with Crippen LogP contribution in [-0.4, -0.2) is 29.2 Å². The van der Waals surface area contributed by atoms with Gasteiger partial charge in [0.2, 0.25) is 17.7 Å². The molecule has 8 rings (SSSR count). The number of nitrogens with one attached hydrogen (secondary N) is 1. The minimum absolute atomic E-state index is 0.218. The van der Waals surface area contributed by atoms with E-state index in [0.717, 1.165) is 37.9 Å². The van der Waals surface area contributed by atoms with Gasteiger partial charge in [0.05, 0.1) is 16.2 Å². The van der Waals surface area contributed by atoms with Crippen LogP contribution in [0.5, 0.6) is 0 Å². The van der Waals surface area contributed by atoms with Crippen LogP contribution in [0.1, 0.15) is 28.2 Å². The minimum Gasteiger partial charge on any atom is -0.324 e. The van der Waals surface area contributed by atoms with Crippen LogP contribution in [0.15, 0.2) is 91.0 Å². The van der Waals surface area contributed by atoms with E-state index >= 15 is 0 Å². The number of carbonyl (C=O) groups excluding carboxylic acids is 3. The van der Waals surface area contributed by atoms with E-state index in [1.165, 1.54) is 0 Å². The highest BCUT2D eigenvalue weighted by atomic mass is 79.9. The van der Waals surface area contributed by atoms with Crippen molar-refractivity contribution in [3.05, 3.63) is 113 Å². The molecule has 3 aliphatic carbocycles. The lowest BCUT2D eigenvalue weighted by Crippen LogP contribution is -2.50. The fourth-order valence-corrected chi connectivity index (χ4v) is 7.77. The Hall–Kier alpha value is -3.77. The molecule has 0 aromatic heterocycles. The van der Waals surface area contributed by atoms with Crippen LogP contribution in [-0.2, 0) is 18.7 Å². The van der Waals surface area contributed by atoms with Crippen molar-refractivity contribution >= 4 is 50.1 Å². The maximum absolute atomic E-state index is 13.9. The zero-order valence-electron chi connectivity index (χ0n) is 19.1. The summed E-state index contributed by atoms with van der Waals surface area (Å²) < 4.78 is -0.812. The highest BCUT2D eigenvalue weighted by molar-refractivity contribution is 9.09. The predicted octanol–water partition coefficient (Wildman–Crippen LogP) is 5.18. The summed E-state index contributed by atoms with van der Waals surface area (Å²) in [5, 5.41) is 4.83. The van der Waals surface area contributed by atoms with E-state index in [9.17, 15) is 14.4 Å². The molecule has 3 amide bonds. The second-order valence-electron chi connectivity index (χ2n) is 9.70. The van der Waals surface area contributed by atoms with E-state index < -0.39 is 22.1 Å². The number of carbonyl (C=O) groups is 3. The van der Waals surface area contributed by atoms with Gasteiger partial charge in [0.25, 0.3) is 0 Å². The van der Waals surface area contributed by atoms with Crippen molar-refractivity contribution in [3.63, 3.8) is 0 Å². The third-order valence-corrected chi connectivity index (χ3v) is 9.32. The number of halogens is 1. The molecule has 1 N–H and O–H groups in total. The zero-order valence-corrected chi connectivity index (χ0v) is 20.7. The van der Waals surface area contributed by atoms with Crippen LogP contribution in [0, 0.1) is 11.8 Å². The molecular weight excluding hydrogens is 516 g/mol. The Labute approximate surface area is 216 Å². The van der Waals surface area contributed by atoms with Crippen molar-refractivity contribution in [2.24, 2.45) is 11.8 Å². The van der Waals surface area contributed by atoms with E-state index in [4.69, 9.17) is 0 Å². The van der Waals surface area contributed by atoms with Crippen molar-refractivity contribution in [2.45, 2.75) is 10.2 Å². The molecule has 0 spiro atoms. The molecular formula is C30H21BrN2O3. The monoisotopic (exact) mass is 536 g/mol. The van der Waals surface area contributed by atoms with Crippen LogP contribution in [0.3, 0.4) is 0 Å². The van der Waals surface area contributed by atoms with Crippen LogP contribution < -0.4 is 5.32 Å². The lowest BCUT2D eigenvalue weighted by molar-refractivity contribution is -0.142. The summed E-state index contributed by atoms with van der Waals surface area (Å²) >= 11 is 3.98. The van der Waals surface area contributed by atoms with Gasteiger partial charge in [-0.2, -0.15) is 0 Å². The third-order valence-electron chi connectivity index (χ3n) is 7.97. The number of nitrogens with zero attached hydrogens (tertiary/aromatic N) is 1. The van der Waals surface area contributed by atoms with Gasteiger partial charge in [0.1, 0.15) is 6.54 Å². The Morgan fingerprint density at radius 2 is 1.42 bits per heavy atom. The quantitative estimate of drug-likeness (QED) is 0.290. The summed E-state index contributed by atoms with van der Waals surface area (Å²) in [5.41, 5.74) is 4.85. The van der Waals surface area contributed by atoms with Gasteiger partial charge < -0.3 is 5.32 Å². The molecule has 1 fully saturated rings. The Kier molecular flexibility index (Phi) is 4.55. The summed E-state index contributed by atoms with van der Waals surface area (Å²) in [6.07, 6.45) is 0. The van der Waals surface area contributed by atoms with E-state index in [2.05, 4.69) is 33.4 Å². The molecule has 5 nitrogen and oxygen atoms in total. The molecule has 4 aromatic rings. The molecule has 36 heavy (non-hydrogen) atoms. The van der Waals surface area contributed by atoms with Crippen LogP contribution in [0.4, 0.5) is 5.69 Å². The number of benzene rings is 4. The average molecular weight is 537 g/mol. The predicted molar refractivity (Wildman–Crippen MR) is 141 cm³/mol. The van der Waals surface area contributed by atoms with Gasteiger partial charge in [-0.15, -0.1) is 0 Å². The van der Waals surface area contributed by atoms with Crippen LogP contribution in [0.25, 0.3) is 10.8 Å². The van der Waals surface area contributed by atoms with Gasteiger partial charge in [-0.25, -0.2) is 0 Å². The summed E-state index contributed by atoms with van der Waals surface area (Å²) in [5.74, 6) is -2.35. The lowest BCUT2D eigenvalue weighted by Gasteiger charge is -2.51. The number of amides is 3. The van der Waals surface area contributed by atoms with E-state index in [1.54, 1.807) is 0 Å². The number of hydrogen-bond donors (Lipinski definition) is 1. The standard InChI is InChI=1S/C30H21BrN2O3/c31-30-21-13-5-3-11-19(21)25(20-12-4-6-14-22(20)30)26-27(30)29(36)33(28(26)35)16-24(34)32-23-15-7-9-17-8-1-2-10-18(17)23/h1-15,25-27H,16H2,(H,32,34)/t25?,26-,27+,30?/m1/s1. The Morgan fingerprint density at radius 3 is 2.14 bits per heavy atom. The number of fused-ring (bicyclic) bond motifs is 1.